The number of aryl methyl sites for hydroxylation is 1. The van der Waals surface area contributed by atoms with Crippen LogP contribution < -0.4 is 56.8 Å². The van der Waals surface area contributed by atoms with E-state index in [1.54, 1.807) is 27.2 Å². The summed E-state index contributed by atoms with van der Waals surface area (Å²) >= 11 is 3.01. The SMILES string of the molecule is [2H]c1c([2H])c([2H])c(N2c3cc(C)cc4c3B(c3sc5c([2H])c([2H])c(C(C)(C)C)c([2H])c5c3N4c3ccc(C(C)(C)C)cc3)c3c2sc2cc4ccccc4cc32)c([2H])c1[2H].[2H]c1c([2H])c([2H])c(N2c3cc(N(c4ccccc4)c4ccccc4)cc4c3B(c3oc5ccccc5c3N4c3c([2H])c([2H])c([2H])c([2H])c3[2H])c3c2oc2ccccc32)c([2H])c1[2H]. The lowest BCUT2D eigenvalue weighted by Crippen LogP contribution is -2.60. The zero-order chi connectivity index (χ0) is 85.5. The van der Waals surface area contributed by atoms with Gasteiger partial charge in [0, 0.05) is 92.7 Å². The van der Waals surface area contributed by atoms with Crippen LogP contribution in [-0.2, 0) is 10.8 Å². The average Bonchev–Trinajstić information content (AvgIpc) is 1.44. The molecule has 4 aliphatic rings. The van der Waals surface area contributed by atoms with Crippen molar-refractivity contribution in [3.05, 3.63) is 320 Å². The van der Waals surface area contributed by atoms with Gasteiger partial charge in [0.15, 0.2) is 0 Å². The average molecular weight is 1390 g/mol. The standard InChI is InChI=1S/C47H41BN2S2.C46H30BN3O2/c1-28-23-37-42-38(24-28)50(33-15-9-8-10-16-33)45-41(35-25-29-13-11-12-14-30(29)26-40(35)52-45)48(42)44-43(36-27-32(47(5,6)7)19-22-39(36)51-44)49(37)34-20-17-31(18-21-34)46(2,3)4;1-5-17-31(18-6-1)48(32-19-7-2-8-20-32)35-29-38-43-39(30-35)50(34-23-11-4-12-24-34)46-42(36-25-13-15-27-40(36)52-46)47(43)45-44(37-26-14-16-28-41(37)51-45)49(38)33-21-9-3-10-22-33/h8-27H,1-7H3;1-30H/i8D,9D,10D,15D,16D,19D,22D,27D;3D,4D,9D,10D,11D,12D,21D,22D,23D,24D. The lowest BCUT2D eigenvalue weighted by Gasteiger charge is -2.42. The Hall–Kier alpha value is -11.8. The monoisotopic (exact) mass is 1390 g/mol. The Kier molecular flexibility index (Phi) is 10.5. The van der Waals surface area contributed by atoms with Gasteiger partial charge in [-0.3, -0.25) is 4.90 Å². The number of hydrogen-bond acceptors (Lipinski definition) is 9. The van der Waals surface area contributed by atoms with Gasteiger partial charge in [-0.1, -0.05) is 205 Å². The molecule has 4 aromatic heterocycles. The summed E-state index contributed by atoms with van der Waals surface area (Å²) in [5.74, 6) is 0.207. The van der Waals surface area contributed by atoms with Crippen LogP contribution in [0.25, 0.3) is 52.9 Å². The first-order chi connectivity index (χ1) is 58.3. The van der Waals surface area contributed by atoms with Gasteiger partial charge in [0.1, 0.15) is 11.2 Å². The zero-order valence-electron chi connectivity index (χ0n) is 75.5. The first-order valence-corrected chi connectivity index (χ1v) is 36.2. The molecule has 8 heterocycles. The number of rotatable bonds is 7. The molecule has 498 valence electrons. The first-order valence-electron chi connectivity index (χ1n) is 43.6. The summed E-state index contributed by atoms with van der Waals surface area (Å²) in [4.78, 5) is 9.35. The number of fused-ring (bicyclic) bond motifs is 17. The summed E-state index contributed by atoms with van der Waals surface area (Å²) in [5.41, 5.74) is 12.6. The number of thiophene rings is 2. The molecule has 104 heavy (non-hydrogen) atoms. The molecule has 21 rings (SSSR count). The van der Waals surface area contributed by atoms with Gasteiger partial charge in [-0.05, 0) is 206 Å². The van der Waals surface area contributed by atoms with Crippen molar-refractivity contribution in [3.63, 3.8) is 0 Å². The van der Waals surface area contributed by atoms with Crippen molar-refractivity contribution in [2.75, 3.05) is 24.5 Å². The fourth-order valence-corrected chi connectivity index (χ4v) is 18.3. The maximum Gasteiger partial charge on any atom is 0.302 e. The Morgan fingerprint density at radius 3 is 1.54 bits per heavy atom. The summed E-state index contributed by atoms with van der Waals surface area (Å²) in [7, 11) is 0. The van der Waals surface area contributed by atoms with Gasteiger partial charge in [-0.2, -0.15) is 0 Å². The van der Waals surface area contributed by atoms with Gasteiger partial charge < -0.3 is 28.4 Å². The number of anilines is 15. The third-order valence-corrected chi connectivity index (χ3v) is 22.6. The highest BCUT2D eigenvalue weighted by atomic mass is 32.1. The molecule has 0 bridgehead atoms. The van der Waals surface area contributed by atoms with Crippen LogP contribution in [-0.4, -0.2) is 13.4 Å². The van der Waals surface area contributed by atoms with Crippen molar-refractivity contribution in [3.8, 4) is 0 Å². The second-order valence-corrected chi connectivity index (χ2v) is 30.8. The highest BCUT2D eigenvalue weighted by Crippen LogP contribution is 2.54. The van der Waals surface area contributed by atoms with Crippen molar-refractivity contribution < 1.29 is 33.5 Å². The minimum Gasteiger partial charge on any atom is -0.468 e. The van der Waals surface area contributed by atoms with E-state index in [2.05, 4.69) is 86.3 Å². The number of hydrogen-bond donors (Lipinski definition) is 0. The van der Waals surface area contributed by atoms with E-state index in [1.807, 2.05) is 165 Å². The van der Waals surface area contributed by atoms with Crippen LogP contribution in [0.3, 0.4) is 0 Å². The molecule has 13 aromatic carbocycles. The maximum absolute atomic E-state index is 9.93. The minimum absolute atomic E-state index is 0.0675. The van der Waals surface area contributed by atoms with Gasteiger partial charge in [0.05, 0.1) is 52.4 Å². The lowest BCUT2D eigenvalue weighted by atomic mass is 9.35. The van der Waals surface area contributed by atoms with E-state index in [4.69, 9.17) is 21.2 Å². The van der Waals surface area contributed by atoms with E-state index in [1.165, 1.54) is 16.9 Å². The highest BCUT2D eigenvalue weighted by molar-refractivity contribution is 7.35. The number of benzene rings is 13. The summed E-state index contributed by atoms with van der Waals surface area (Å²) in [6, 6.07) is 56.6. The van der Waals surface area contributed by atoms with Gasteiger partial charge in [0.25, 0.3) is 6.71 Å². The third kappa shape index (κ3) is 9.70. The third-order valence-electron chi connectivity index (χ3n) is 20.3. The molecule has 0 radical (unpaired) electrons. The topological polar surface area (TPSA) is 42.5 Å². The molecule has 0 unspecified atom stereocenters. The second kappa shape index (κ2) is 23.7. The van der Waals surface area contributed by atoms with E-state index >= 15 is 0 Å². The van der Waals surface area contributed by atoms with Gasteiger partial charge in [-0.15, -0.1) is 22.7 Å². The van der Waals surface area contributed by atoms with Gasteiger partial charge in [-0.25, -0.2) is 0 Å². The second-order valence-electron chi connectivity index (χ2n) is 28.7. The molecule has 0 saturated carbocycles. The smallest absolute Gasteiger partial charge is 0.302 e. The minimum atomic E-state index is -0.765. The van der Waals surface area contributed by atoms with E-state index < -0.39 is 97.4 Å². The predicted molar refractivity (Wildman–Crippen MR) is 446 cm³/mol. The molecule has 0 amide bonds. The van der Waals surface area contributed by atoms with Crippen LogP contribution in [0.5, 0.6) is 0 Å². The molecule has 4 aliphatic heterocycles. The summed E-state index contributed by atoms with van der Waals surface area (Å²) in [6.45, 7) is 13.4. The van der Waals surface area contributed by atoms with Crippen LogP contribution in [0, 0.1) is 6.92 Å². The van der Waals surface area contributed by atoms with Crippen LogP contribution in [0.4, 0.5) is 84.8 Å². The maximum atomic E-state index is 9.93. The Morgan fingerprint density at radius 2 is 0.904 bits per heavy atom. The van der Waals surface area contributed by atoms with Crippen molar-refractivity contribution in [2.24, 2.45) is 0 Å². The quantitative estimate of drug-likeness (QED) is 0.147. The number of furan rings is 2. The Bertz CT molecular complexity index is 7310. The highest BCUT2D eigenvalue weighted by Gasteiger charge is 2.51. The zero-order valence-corrected chi connectivity index (χ0v) is 59.1. The molecule has 0 aliphatic carbocycles. The molecule has 0 fully saturated rings. The van der Waals surface area contributed by atoms with Gasteiger partial charge in [0.2, 0.25) is 5.88 Å². The number of para-hydroxylation sites is 7. The van der Waals surface area contributed by atoms with Crippen LogP contribution in [0.1, 0.15) is 82.9 Å². The Labute approximate surface area is 639 Å². The van der Waals surface area contributed by atoms with E-state index in [-0.39, 0.29) is 58.6 Å². The molecular formula is C93H71B2N5O2S2. The lowest BCUT2D eigenvalue weighted by molar-refractivity contribution is 0.590. The fraction of sp³-hybridized carbons (Fsp3) is 0.0968. The van der Waals surface area contributed by atoms with Crippen molar-refractivity contribution in [1.29, 1.82) is 0 Å². The molecule has 0 saturated heterocycles. The molecule has 0 atom stereocenters. The summed E-state index contributed by atoms with van der Waals surface area (Å²) < 4.78 is 179. The molecule has 7 nitrogen and oxygen atoms in total. The van der Waals surface area contributed by atoms with E-state index in [0.717, 1.165) is 75.6 Å². The number of nitrogens with zero attached hydrogens (tertiary/aromatic N) is 5. The molecule has 11 heteroatoms. The van der Waals surface area contributed by atoms with Crippen LogP contribution in [0.15, 0.2) is 312 Å². The van der Waals surface area contributed by atoms with Crippen LogP contribution >= 0.6 is 22.7 Å². The van der Waals surface area contributed by atoms with E-state index in [9.17, 15) is 12.3 Å². The van der Waals surface area contributed by atoms with Crippen molar-refractivity contribution in [2.45, 2.75) is 59.3 Å². The molecule has 17 aromatic rings. The Balaban J connectivity index is 0.000000155. The largest absolute Gasteiger partial charge is 0.468 e. The predicted octanol–water partition coefficient (Wildman–Crippen LogP) is 23.0. The fourth-order valence-electron chi connectivity index (χ4n) is 15.7. The van der Waals surface area contributed by atoms with Crippen molar-refractivity contribution in [1.82, 2.24) is 0 Å². The van der Waals surface area contributed by atoms with Crippen LogP contribution in [0.2, 0.25) is 0 Å². The summed E-state index contributed by atoms with van der Waals surface area (Å²) in [5, 5.41) is 5.83. The van der Waals surface area contributed by atoms with Gasteiger partial charge >= 0.3 is 6.71 Å². The first kappa shape index (κ1) is 46.0. The van der Waals surface area contributed by atoms with Crippen molar-refractivity contribution >= 4 is 206 Å². The summed E-state index contributed by atoms with van der Waals surface area (Å²) in [6.07, 6.45) is 0. The van der Waals surface area contributed by atoms with E-state index in [0.29, 0.717) is 82.6 Å². The molecule has 0 spiro atoms. The normalized spacial score (nSPS) is 15.8. The molecule has 0 N–H and O–H groups in total. The molecular weight excluding hydrogens is 1300 g/mol. The Morgan fingerprint density at radius 1 is 0.385 bits per heavy atom.